The maximum Gasteiger partial charge on any atom is 0.0601 e. The van der Waals surface area contributed by atoms with E-state index in [1.165, 1.54) is 54.6 Å². The van der Waals surface area contributed by atoms with Crippen LogP contribution in [0.3, 0.4) is 0 Å². The van der Waals surface area contributed by atoms with Gasteiger partial charge in [0.25, 0.3) is 0 Å². The van der Waals surface area contributed by atoms with Gasteiger partial charge in [-0.3, -0.25) is 4.90 Å². The molecule has 0 aliphatic carbocycles. The van der Waals surface area contributed by atoms with Crippen molar-refractivity contribution >= 4 is 0 Å². The molecule has 1 aliphatic rings. The van der Waals surface area contributed by atoms with Crippen LogP contribution in [0.5, 0.6) is 0 Å². The summed E-state index contributed by atoms with van der Waals surface area (Å²) in [4.78, 5) is 2.65. The van der Waals surface area contributed by atoms with Crippen molar-refractivity contribution in [3.63, 3.8) is 0 Å². The van der Waals surface area contributed by atoms with Crippen molar-refractivity contribution in [1.29, 1.82) is 0 Å². The summed E-state index contributed by atoms with van der Waals surface area (Å²) in [5.41, 5.74) is 5.51. The Labute approximate surface area is 128 Å². The second kappa shape index (κ2) is 6.44. The van der Waals surface area contributed by atoms with Gasteiger partial charge in [0.2, 0.25) is 0 Å². The van der Waals surface area contributed by atoms with Crippen molar-refractivity contribution in [2.45, 2.75) is 39.2 Å². The Hall–Kier alpha value is -1.60. The summed E-state index contributed by atoms with van der Waals surface area (Å²) < 4.78 is 0. The van der Waals surface area contributed by atoms with Crippen LogP contribution in [0.2, 0.25) is 0 Å². The van der Waals surface area contributed by atoms with Gasteiger partial charge in [-0.05, 0) is 50.9 Å². The van der Waals surface area contributed by atoms with Gasteiger partial charge in [0.05, 0.1) is 6.04 Å². The Bertz CT molecular complexity index is 516. The summed E-state index contributed by atoms with van der Waals surface area (Å²) in [6, 6.07) is 18.6. The molecule has 110 valence electrons. The third-order valence-electron chi connectivity index (χ3n) is 4.54. The number of piperidine rings is 1. The molecule has 1 heteroatoms. The summed E-state index contributed by atoms with van der Waals surface area (Å²) >= 11 is 0. The monoisotopic (exact) mass is 279 g/mol. The van der Waals surface area contributed by atoms with Crippen LogP contribution in [0.1, 0.15) is 47.6 Å². The number of hydrogen-bond donors (Lipinski definition) is 0. The average molecular weight is 279 g/mol. The third-order valence-corrected chi connectivity index (χ3v) is 4.54. The molecular formula is C20H25N. The topological polar surface area (TPSA) is 3.24 Å². The molecule has 1 nitrogen and oxygen atoms in total. The Balaban J connectivity index is 1.97. The van der Waals surface area contributed by atoms with Crippen LogP contribution in [-0.4, -0.2) is 18.0 Å². The standard InChI is InChI=1S/C20H25N/c1-16-6-10-18(11-7-16)20(21-14-4-3-5-15-21)19-12-8-17(2)9-13-19/h6-13,20H,3-5,14-15H2,1-2H3. The molecule has 0 amide bonds. The zero-order chi connectivity index (χ0) is 14.7. The first kappa shape index (κ1) is 14.3. The molecule has 0 atom stereocenters. The molecule has 2 aromatic rings. The summed E-state index contributed by atoms with van der Waals surface area (Å²) in [6.45, 7) is 6.75. The van der Waals surface area contributed by atoms with E-state index in [9.17, 15) is 0 Å². The van der Waals surface area contributed by atoms with E-state index in [-0.39, 0.29) is 0 Å². The summed E-state index contributed by atoms with van der Waals surface area (Å²) in [6.07, 6.45) is 4.04. The van der Waals surface area contributed by atoms with Crippen molar-refractivity contribution in [2.24, 2.45) is 0 Å². The largest absolute Gasteiger partial charge is 0.292 e. The zero-order valence-corrected chi connectivity index (χ0v) is 13.2. The zero-order valence-electron chi connectivity index (χ0n) is 13.2. The van der Waals surface area contributed by atoms with Crippen molar-refractivity contribution in [3.8, 4) is 0 Å². The lowest BCUT2D eigenvalue weighted by Gasteiger charge is -2.35. The van der Waals surface area contributed by atoms with Gasteiger partial charge >= 0.3 is 0 Å². The SMILES string of the molecule is Cc1ccc(C(c2ccc(C)cc2)N2CCCCC2)cc1. The molecule has 0 unspecified atom stereocenters. The quantitative estimate of drug-likeness (QED) is 0.774. The molecule has 0 spiro atoms. The minimum Gasteiger partial charge on any atom is -0.292 e. The minimum atomic E-state index is 0.409. The summed E-state index contributed by atoms with van der Waals surface area (Å²) in [5.74, 6) is 0. The molecule has 2 aromatic carbocycles. The lowest BCUT2D eigenvalue weighted by atomic mass is 9.94. The molecule has 1 saturated heterocycles. The number of nitrogens with zero attached hydrogens (tertiary/aromatic N) is 1. The van der Waals surface area contributed by atoms with Crippen molar-refractivity contribution < 1.29 is 0 Å². The van der Waals surface area contributed by atoms with Crippen LogP contribution in [0, 0.1) is 13.8 Å². The van der Waals surface area contributed by atoms with Crippen LogP contribution < -0.4 is 0 Å². The number of hydrogen-bond acceptors (Lipinski definition) is 1. The van der Waals surface area contributed by atoms with Crippen LogP contribution in [0.25, 0.3) is 0 Å². The smallest absolute Gasteiger partial charge is 0.0601 e. The van der Waals surface area contributed by atoms with E-state index in [1.54, 1.807) is 0 Å². The van der Waals surface area contributed by atoms with Gasteiger partial charge in [0, 0.05) is 0 Å². The van der Waals surface area contributed by atoms with E-state index < -0.39 is 0 Å². The molecule has 0 N–H and O–H groups in total. The normalized spacial score (nSPS) is 16.3. The second-order valence-electron chi connectivity index (χ2n) is 6.32. The molecule has 21 heavy (non-hydrogen) atoms. The van der Waals surface area contributed by atoms with Crippen LogP contribution in [0.15, 0.2) is 48.5 Å². The lowest BCUT2D eigenvalue weighted by Crippen LogP contribution is -2.34. The number of benzene rings is 2. The van der Waals surface area contributed by atoms with E-state index in [1.807, 2.05) is 0 Å². The maximum absolute atomic E-state index is 2.65. The highest BCUT2D eigenvalue weighted by Crippen LogP contribution is 2.31. The van der Waals surface area contributed by atoms with Gasteiger partial charge in [-0.25, -0.2) is 0 Å². The Kier molecular flexibility index (Phi) is 4.40. The number of aryl methyl sites for hydroxylation is 2. The Morgan fingerprint density at radius 2 is 1.10 bits per heavy atom. The maximum atomic E-state index is 2.65. The van der Waals surface area contributed by atoms with Gasteiger partial charge in [0.1, 0.15) is 0 Å². The molecule has 1 heterocycles. The van der Waals surface area contributed by atoms with E-state index in [2.05, 4.69) is 67.3 Å². The Morgan fingerprint density at radius 3 is 1.52 bits per heavy atom. The fraction of sp³-hybridized carbons (Fsp3) is 0.400. The Morgan fingerprint density at radius 1 is 0.667 bits per heavy atom. The van der Waals surface area contributed by atoms with Crippen LogP contribution in [0.4, 0.5) is 0 Å². The summed E-state index contributed by atoms with van der Waals surface area (Å²) in [5, 5.41) is 0. The molecule has 0 bridgehead atoms. The van der Waals surface area contributed by atoms with Gasteiger partial charge in [-0.1, -0.05) is 66.1 Å². The van der Waals surface area contributed by atoms with Crippen LogP contribution >= 0.6 is 0 Å². The van der Waals surface area contributed by atoms with Gasteiger partial charge in [-0.2, -0.15) is 0 Å². The highest BCUT2D eigenvalue weighted by atomic mass is 15.2. The van der Waals surface area contributed by atoms with Crippen LogP contribution in [-0.2, 0) is 0 Å². The van der Waals surface area contributed by atoms with E-state index >= 15 is 0 Å². The number of rotatable bonds is 3. The van der Waals surface area contributed by atoms with Gasteiger partial charge in [-0.15, -0.1) is 0 Å². The van der Waals surface area contributed by atoms with Crippen molar-refractivity contribution in [2.75, 3.05) is 13.1 Å². The molecule has 1 aliphatic heterocycles. The average Bonchev–Trinajstić information content (AvgIpc) is 2.52. The molecule has 0 aromatic heterocycles. The fourth-order valence-electron chi connectivity index (χ4n) is 3.29. The number of likely N-dealkylation sites (tertiary alicyclic amines) is 1. The highest BCUT2D eigenvalue weighted by molar-refractivity contribution is 5.34. The lowest BCUT2D eigenvalue weighted by molar-refractivity contribution is 0.187. The van der Waals surface area contributed by atoms with Gasteiger partial charge in [0.15, 0.2) is 0 Å². The molecule has 0 radical (unpaired) electrons. The minimum absolute atomic E-state index is 0.409. The molecular weight excluding hydrogens is 254 g/mol. The third kappa shape index (κ3) is 3.36. The van der Waals surface area contributed by atoms with E-state index in [0.717, 1.165) is 0 Å². The van der Waals surface area contributed by atoms with Crippen molar-refractivity contribution in [1.82, 2.24) is 4.90 Å². The molecule has 0 saturated carbocycles. The van der Waals surface area contributed by atoms with E-state index in [4.69, 9.17) is 0 Å². The molecule has 3 rings (SSSR count). The first-order chi connectivity index (χ1) is 10.2. The predicted octanol–water partition coefficient (Wildman–Crippen LogP) is 4.88. The second-order valence-corrected chi connectivity index (χ2v) is 6.32. The highest BCUT2D eigenvalue weighted by Gasteiger charge is 2.23. The van der Waals surface area contributed by atoms with Gasteiger partial charge < -0.3 is 0 Å². The predicted molar refractivity (Wildman–Crippen MR) is 89.6 cm³/mol. The first-order valence-corrected chi connectivity index (χ1v) is 8.11. The van der Waals surface area contributed by atoms with E-state index in [0.29, 0.717) is 6.04 Å². The first-order valence-electron chi connectivity index (χ1n) is 8.11. The summed E-state index contributed by atoms with van der Waals surface area (Å²) in [7, 11) is 0. The fourth-order valence-corrected chi connectivity index (χ4v) is 3.29. The van der Waals surface area contributed by atoms with Crippen molar-refractivity contribution in [3.05, 3.63) is 70.8 Å². The molecule has 1 fully saturated rings.